The average molecular weight is 421 g/mol. The first-order valence-corrected chi connectivity index (χ1v) is 10.3. The van der Waals surface area contributed by atoms with Gasteiger partial charge in [0.1, 0.15) is 11.6 Å². The van der Waals surface area contributed by atoms with E-state index in [4.69, 9.17) is 10.2 Å². The summed E-state index contributed by atoms with van der Waals surface area (Å²) in [7, 11) is 0. The number of fused-ring (bicyclic) bond motifs is 1. The van der Waals surface area contributed by atoms with Crippen molar-refractivity contribution in [3.05, 3.63) is 75.6 Å². The largest absolute Gasteiger partial charge is 0.423 e. The zero-order valence-corrected chi connectivity index (χ0v) is 17.7. The van der Waals surface area contributed by atoms with Gasteiger partial charge in [0.05, 0.1) is 0 Å². The predicted molar refractivity (Wildman–Crippen MR) is 121 cm³/mol. The summed E-state index contributed by atoms with van der Waals surface area (Å²) in [6.07, 6.45) is 1.92. The number of unbranched alkanes of at least 4 members (excludes halogenated alkanes) is 1. The van der Waals surface area contributed by atoms with E-state index in [9.17, 15) is 14.4 Å². The Morgan fingerprint density at radius 1 is 1.03 bits per heavy atom. The molecule has 7 nitrogen and oxygen atoms in total. The van der Waals surface area contributed by atoms with Gasteiger partial charge in [0.2, 0.25) is 5.91 Å². The summed E-state index contributed by atoms with van der Waals surface area (Å²) >= 11 is 0. The third-order valence-electron chi connectivity index (χ3n) is 5.10. The quantitative estimate of drug-likeness (QED) is 0.381. The molecule has 0 saturated heterocycles. The lowest BCUT2D eigenvalue weighted by molar-refractivity contribution is -0.118. The minimum Gasteiger partial charge on any atom is -0.423 e. The second kappa shape index (κ2) is 10.0. The number of anilines is 1. The van der Waals surface area contributed by atoms with Gasteiger partial charge in [-0.05, 0) is 69.5 Å². The topological polar surface area (TPSA) is 114 Å². The molecule has 0 unspecified atom stereocenters. The van der Waals surface area contributed by atoms with E-state index < -0.39 is 11.7 Å². The molecule has 7 heteroatoms. The van der Waals surface area contributed by atoms with Crippen molar-refractivity contribution in [3.8, 4) is 0 Å². The maximum Gasteiger partial charge on any atom is 0.336 e. The van der Waals surface area contributed by atoms with Crippen LogP contribution in [0.4, 0.5) is 5.69 Å². The molecule has 3 aromatic rings. The van der Waals surface area contributed by atoms with Gasteiger partial charge < -0.3 is 20.8 Å². The third-order valence-corrected chi connectivity index (χ3v) is 5.10. The molecule has 0 radical (unpaired) electrons. The molecule has 0 bridgehead atoms. The van der Waals surface area contributed by atoms with Crippen LogP contribution >= 0.6 is 0 Å². The van der Waals surface area contributed by atoms with Crippen LogP contribution in [0.1, 0.15) is 40.7 Å². The number of rotatable bonds is 8. The molecule has 0 aliphatic carbocycles. The smallest absolute Gasteiger partial charge is 0.336 e. The molecule has 1 heterocycles. The van der Waals surface area contributed by atoms with E-state index in [-0.39, 0.29) is 11.8 Å². The van der Waals surface area contributed by atoms with Crippen LogP contribution in [-0.4, -0.2) is 24.4 Å². The average Bonchev–Trinajstić information content (AvgIpc) is 2.73. The van der Waals surface area contributed by atoms with E-state index in [0.717, 1.165) is 22.9 Å². The normalized spacial score (nSPS) is 11.8. The van der Waals surface area contributed by atoms with E-state index in [1.165, 1.54) is 6.07 Å². The maximum atomic E-state index is 12.9. The molecule has 1 aromatic heterocycles. The molecule has 0 aliphatic heterocycles. The Morgan fingerprint density at radius 2 is 1.77 bits per heavy atom. The molecule has 4 N–H and O–H groups in total. The number of hydrogen-bond donors (Lipinski definition) is 3. The first-order valence-electron chi connectivity index (χ1n) is 10.3. The van der Waals surface area contributed by atoms with Gasteiger partial charge in [-0.2, -0.15) is 0 Å². The molecule has 3 rings (SSSR count). The molecular formula is C24H27N3O4. The summed E-state index contributed by atoms with van der Waals surface area (Å²) in [6, 6.07) is 13.0. The van der Waals surface area contributed by atoms with Crippen LogP contribution in [-0.2, 0) is 4.79 Å². The fraction of sp³-hybridized carbons (Fsp3) is 0.292. The standard InChI is InChI=1S/C24H27N3O4/c1-15-6-8-17(9-7-15)23(29)27-20(5-3-4-12-25)24(30)26-18-10-11-19-16(2)13-22(28)31-21(19)14-18/h6-11,13-14,20H,3-5,12,25H2,1-2H3,(H,26,30)(H,27,29)/t20-/m0/s1. The maximum absolute atomic E-state index is 12.9. The van der Waals surface area contributed by atoms with Crippen molar-refractivity contribution in [2.24, 2.45) is 5.73 Å². The van der Waals surface area contributed by atoms with Gasteiger partial charge in [-0.1, -0.05) is 17.7 Å². The highest BCUT2D eigenvalue weighted by Gasteiger charge is 2.21. The van der Waals surface area contributed by atoms with E-state index in [1.54, 1.807) is 30.3 Å². The molecule has 162 valence electrons. The number of carbonyl (C=O) groups excluding carboxylic acids is 2. The van der Waals surface area contributed by atoms with Crippen LogP contribution in [0.25, 0.3) is 11.0 Å². The zero-order valence-electron chi connectivity index (χ0n) is 17.7. The lowest BCUT2D eigenvalue weighted by atomic mass is 10.1. The van der Waals surface area contributed by atoms with E-state index in [2.05, 4.69) is 10.6 Å². The molecule has 1 atom stereocenters. The number of aryl methyl sites for hydroxylation is 2. The van der Waals surface area contributed by atoms with Crippen LogP contribution < -0.4 is 22.0 Å². The molecule has 31 heavy (non-hydrogen) atoms. The van der Waals surface area contributed by atoms with Crippen molar-refractivity contribution >= 4 is 28.5 Å². The van der Waals surface area contributed by atoms with Crippen LogP contribution in [0, 0.1) is 13.8 Å². The number of nitrogens with two attached hydrogens (primary N) is 1. The molecule has 0 spiro atoms. The van der Waals surface area contributed by atoms with Crippen LogP contribution in [0.5, 0.6) is 0 Å². The monoisotopic (exact) mass is 421 g/mol. The second-order valence-electron chi connectivity index (χ2n) is 7.63. The molecule has 0 fully saturated rings. The Morgan fingerprint density at radius 3 is 2.48 bits per heavy atom. The highest BCUT2D eigenvalue weighted by molar-refractivity contribution is 6.01. The first-order chi connectivity index (χ1) is 14.9. The summed E-state index contributed by atoms with van der Waals surface area (Å²) in [5.41, 5.74) is 8.35. The Labute approximate surface area is 180 Å². The SMILES string of the molecule is Cc1ccc(C(=O)N[C@@H](CCCCN)C(=O)Nc2ccc3c(C)cc(=O)oc3c2)cc1. The van der Waals surface area contributed by atoms with Crippen LogP contribution in [0.2, 0.25) is 0 Å². The number of benzene rings is 2. The minimum absolute atomic E-state index is 0.312. The van der Waals surface area contributed by atoms with Crippen molar-refractivity contribution in [1.29, 1.82) is 0 Å². The van der Waals surface area contributed by atoms with Crippen molar-refractivity contribution in [2.45, 2.75) is 39.2 Å². The van der Waals surface area contributed by atoms with Gasteiger partial charge >= 0.3 is 5.63 Å². The number of nitrogens with one attached hydrogen (secondary N) is 2. The van der Waals surface area contributed by atoms with Crippen molar-refractivity contribution < 1.29 is 14.0 Å². The van der Waals surface area contributed by atoms with Gasteiger partial charge in [0.25, 0.3) is 5.91 Å². The molecular weight excluding hydrogens is 394 g/mol. The number of amides is 2. The Hall–Kier alpha value is -3.45. The van der Waals surface area contributed by atoms with Crippen LogP contribution in [0.3, 0.4) is 0 Å². The molecule has 2 aromatic carbocycles. The minimum atomic E-state index is -0.722. The van der Waals surface area contributed by atoms with Crippen molar-refractivity contribution in [1.82, 2.24) is 5.32 Å². The zero-order chi connectivity index (χ0) is 22.4. The molecule has 0 aliphatic rings. The fourth-order valence-corrected chi connectivity index (χ4v) is 3.34. The predicted octanol–water partition coefficient (Wildman–Crippen LogP) is 3.28. The summed E-state index contributed by atoms with van der Waals surface area (Å²) in [6.45, 7) is 4.28. The summed E-state index contributed by atoms with van der Waals surface area (Å²) in [4.78, 5) is 37.2. The van der Waals surface area contributed by atoms with Gasteiger partial charge in [-0.15, -0.1) is 0 Å². The van der Waals surface area contributed by atoms with E-state index in [0.29, 0.717) is 36.2 Å². The second-order valence-corrected chi connectivity index (χ2v) is 7.63. The Bertz CT molecular complexity index is 1140. The third kappa shape index (κ3) is 5.79. The summed E-state index contributed by atoms with van der Waals surface area (Å²) in [5, 5.41) is 6.44. The summed E-state index contributed by atoms with van der Waals surface area (Å²) in [5.74, 6) is -0.653. The summed E-state index contributed by atoms with van der Waals surface area (Å²) < 4.78 is 5.25. The Balaban J connectivity index is 1.77. The highest BCUT2D eigenvalue weighted by atomic mass is 16.4. The molecule has 0 saturated carbocycles. The van der Waals surface area contributed by atoms with Gasteiger partial charge in [-0.3, -0.25) is 9.59 Å². The first kappa shape index (κ1) is 22.2. The molecule has 2 amide bonds. The van der Waals surface area contributed by atoms with E-state index in [1.807, 2.05) is 26.0 Å². The number of carbonyl (C=O) groups is 2. The van der Waals surface area contributed by atoms with Crippen LogP contribution in [0.15, 0.2) is 57.7 Å². The van der Waals surface area contributed by atoms with Crippen molar-refractivity contribution in [3.63, 3.8) is 0 Å². The lowest BCUT2D eigenvalue weighted by Gasteiger charge is -2.19. The van der Waals surface area contributed by atoms with Gasteiger partial charge in [0, 0.05) is 28.8 Å². The van der Waals surface area contributed by atoms with Gasteiger partial charge in [0.15, 0.2) is 0 Å². The highest BCUT2D eigenvalue weighted by Crippen LogP contribution is 2.21. The lowest BCUT2D eigenvalue weighted by Crippen LogP contribution is -2.43. The van der Waals surface area contributed by atoms with Crippen molar-refractivity contribution in [2.75, 3.05) is 11.9 Å². The van der Waals surface area contributed by atoms with E-state index >= 15 is 0 Å². The fourth-order valence-electron chi connectivity index (χ4n) is 3.34. The van der Waals surface area contributed by atoms with Gasteiger partial charge in [-0.25, -0.2) is 4.79 Å². The number of hydrogen-bond acceptors (Lipinski definition) is 5. The Kier molecular flexibility index (Phi) is 7.20.